The van der Waals surface area contributed by atoms with Crippen LogP contribution in [-0.2, 0) is 6.54 Å². The number of nitrogens with one attached hydrogen (secondary N) is 2. The third kappa shape index (κ3) is 6.04. The molecule has 1 aromatic carbocycles. The molecule has 2 amide bonds. The fourth-order valence-electron chi connectivity index (χ4n) is 2.84. The van der Waals surface area contributed by atoms with Gasteiger partial charge in [0, 0.05) is 12.6 Å². The molecule has 6 heteroatoms. The van der Waals surface area contributed by atoms with Gasteiger partial charge in [0.2, 0.25) is 0 Å². The number of alkyl halides is 2. The van der Waals surface area contributed by atoms with Crippen molar-refractivity contribution in [3.05, 3.63) is 29.8 Å². The van der Waals surface area contributed by atoms with Crippen LogP contribution in [0.25, 0.3) is 0 Å². The molecule has 0 spiro atoms. The van der Waals surface area contributed by atoms with E-state index in [1.165, 1.54) is 6.42 Å². The van der Waals surface area contributed by atoms with Crippen LogP contribution in [0.15, 0.2) is 24.3 Å². The van der Waals surface area contributed by atoms with Crippen LogP contribution >= 0.6 is 0 Å². The van der Waals surface area contributed by atoms with E-state index in [-0.39, 0.29) is 12.1 Å². The van der Waals surface area contributed by atoms with Crippen molar-refractivity contribution in [3.8, 4) is 5.75 Å². The summed E-state index contributed by atoms with van der Waals surface area (Å²) in [6.07, 6.45) is 2.05. The Morgan fingerprint density at radius 2 is 2.13 bits per heavy atom. The molecular formula is C17H24F2N2O2. The highest BCUT2D eigenvalue weighted by Crippen LogP contribution is 2.23. The Morgan fingerprint density at radius 3 is 2.87 bits per heavy atom. The minimum Gasteiger partial charge on any atom is -0.488 e. The van der Waals surface area contributed by atoms with Crippen LogP contribution in [0.2, 0.25) is 0 Å². The smallest absolute Gasteiger partial charge is 0.315 e. The second-order valence-corrected chi connectivity index (χ2v) is 6.04. The number of hydrogen-bond acceptors (Lipinski definition) is 2. The molecule has 0 bridgehead atoms. The lowest BCUT2D eigenvalue weighted by Crippen LogP contribution is -2.45. The van der Waals surface area contributed by atoms with Crippen molar-refractivity contribution in [1.29, 1.82) is 0 Å². The van der Waals surface area contributed by atoms with Crippen LogP contribution in [0, 0.1) is 5.92 Å². The molecule has 2 atom stereocenters. The minimum absolute atomic E-state index is 0.192. The van der Waals surface area contributed by atoms with Gasteiger partial charge in [-0.1, -0.05) is 31.9 Å². The fourth-order valence-corrected chi connectivity index (χ4v) is 2.84. The molecule has 23 heavy (non-hydrogen) atoms. The second-order valence-electron chi connectivity index (χ2n) is 6.04. The van der Waals surface area contributed by atoms with Crippen molar-refractivity contribution in [2.45, 2.75) is 51.6 Å². The predicted octanol–water partition coefficient (Wildman–Crippen LogP) is 3.71. The van der Waals surface area contributed by atoms with E-state index in [2.05, 4.69) is 17.6 Å². The molecule has 1 fully saturated rings. The SMILES string of the molecule is CC1CCCCC1NC(=O)NCc1cccc(OCC(F)F)c1. The molecule has 0 radical (unpaired) electrons. The van der Waals surface area contributed by atoms with Gasteiger partial charge >= 0.3 is 6.03 Å². The summed E-state index contributed by atoms with van der Waals surface area (Å²) in [5, 5.41) is 5.82. The number of halogens is 2. The van der Waals surface area contributed by atoms with Gasteiger partial charge in [-0.05, 0) is 36.5 Å². The molecule has 0 aromatic heterocycles. The molecule has 1 aliphatic rings. The number of carbonyl (C=O) groups is 1. The largest absolute Gasteiger partial charge is 0.488 e. The summed E-state index contributed by atoms with van der Waals surface area (Å²) in [7, 11) is 0. The summed E-state index contributed by atoms with van der Waals surface area (Å²) in [6.45, 7) is 1.86. The molecule has 2 unspecified atom stereocenters. The topological polar surface area (TPSA) is 50.4 Å². The number of carbonyl (C=O) groups excluding carboxylic acids is 1. The van der Waals surface area contributed by atoms with Gasteiger partial charge in [0.1, 0.15) is 12.4 Å². The maximum Gasteiger partial charge on any atom is 0.315 e. The molecule has 1 saturated carbocycles. The maximum atomic E-state index is 12.1. The molecule has 0 aliphatic heterocycles. The summed E-state index contributed by atoms with van der Waals surface area (Å²) in [4.78, 5) is 12.0. The van der Waals surface area contributed by atoms with Crippen LogP contribution in [0.1, 0.15) is 38.2 Å². The number of hydrogen-bond donors (Lipinski definition) is 2. The van der Waals surface area contributed by atoms with E-state index in [9.17, 15) is 13.6 Å². The van der Waals surface area contributed by atoms with Gasteiger partial charge in [0.05, 0.1) is 0 Å². The molecule has 0 saturated heterocycles. The quantitative estimate of drug-likeness (QED) is 0.837. The van der Waals surface area contributed by atoms with Gasteiger partial charge in [-0.3, -0.25) is 0 Å². The minimum atomic E-state index is -2.50. The van der Waals surface area contributed by atoms with Gasteiger partial charge in [0.25, 0.3) is 6.43 Å². The normalized spacial score (nSPS) is 21.0. The summed E-state index contributed by atoms with van der Waals surface area (Å²) >= 11 is 0. The van der Waals surface area contributed by atoms with E-state index in [0.29, 0.717) is 18.2 Å². The highest BCUT2D eigenvalue weighted by atomic mass is 19.3. The Kier molecular flexibility index (Phi) is 6.62. The molecular weight excluding hydrogens is 302 g/mol. The van der Waals surface area contributed by atoms with Crippen molar-refractivity contribution < 1.29 is 18.3 Å². The van der Waals surface area contributed by atoms with Gasteiger partial charge < -0.3 is 15.4 Å². The first-order chi connectivity index (χ1) is 11.0. The van der Waals surface area contributed by atoms with E-state index in [4.69, 9.17) is 4.74 Å². The number of amides is 2. The molecule has 2 rings (SSSR count). The Morgan fingerprint density at radius 1 is 1.35 bits per heavy atom. The second kappa shape index (κ2) is 8.70. The van der Waals surface area contributed by atoms with Crippen molar-refractivity contribution in [3.63, 3.8) is 0 Å². The van der Waals surface area contributed by atoms with Gasteiger partial charge in [-0.2, -0.15) is 0 Å². The van der Waals surface area contributed by atoms with E-state index in [0.717, 1.165) is 24.8 Å². The van der Waals surface area contributed by atoms with E-state index < -0.39 is 13.0 Å². The molecule has 1 aromatic rings. The number of benzene rings is 1. The number of ether oxygens (including phenoxy) is 1. The van der Waals surface area contributed by atoms with E-state index in [1.54, 1.807) is 18.2 Å². The van der Waals surface area contributed by atoms with Crippen molar-refractivity contribution in [2.24, 2.45) is 5.92 Å². The maximum absolute atomic E-state index is 12.1. The first kappa shape index (κ1) is 17.5. The molecule has 0 heterocycles. The monoisotopic (exact) mass is 326 g/mol. The third-order valence-corrected chi connectivity index (χ3v) is 4.16. The zero-order valence-electron chi connectivity index (χ0n) is 13.4. The van der Waals surface area contributed by atoms with Gasteiger partial charge in [-0.15, -0.1) is 0 Å². The standard InChI is InChI=1S/C17H24F2N2O2/c1-12-5-2-3-8-15(12)21-17(22)20-10-13-6-4-7-14(9-13)23-11-16(18)19/h4,6-7,9,12,15-16H,2-3,5,8,10-11H2,1H3,(H2,20,21,22). The summed E-state index contributed by atoms with van der Waals surface area (Å²) in [5.41, 5.74) is 0.809. The van der Waals surface area contributed by atoms with Crippen LogP contribution < -0.4 is 15.4 Å². The lowest BCUT2D eigenvalue weighted by Gasteiger charge is -2.29. The number of urea groups is 1. The van der Waals surface area contributed by atoms with Crippen LogP contribution in [0.5, 0.6) is 5.75 Å². The fraction of sp³-hybridized carbons (Fsp3) is 0.588. The highest BCUT2D eigenvalue weighted by Gasteiger charge is 2.22. The van der Waals surface area contributed by atoms with Crippen molar-refractivity contribution in [1.82, 2.24) is 10.6 Å². The lowest BCUT2D eigenvalue weighted by atomic mass is 9.86. The van der Waals surface area contributed by atoms with Gasteiger partial charge in [-0.25, -0.2) is 13.6 Å². The average Bonchev–Trinajstić information content (AvgIpc) is 2.54. The molecule has 2 N–H and O–H groups in total. The average molecular weight is 326 g/mol. The van der Waals surface area contributed by atoms with Crippen molar-refractivity contribution in [2.75, 3.05) is 6.61 Å². The van der Waals surface area contributed by atoms with E-state index >= 15 is 0 Å². The Hall–Kier alpha value is -1.85. The number of rotatable bonds is 6. The highest BCUT2D eigenvalue weighted by molar-refractivity contribution is 5.74. The summed E-state index contributed by atoms with van der Waals surface area (Å²) < 4.78 is 29.2. The first-order valence-corrected chi connectivity index (χ1v) is 8.09. The predicted molar refractivity (Wildman–Crippen MR) is 84.7 cm³/mol. The van der Waals surface area contributed by atoms with Gasteiger partial charge in [0.15, 0.2) is 0 Å². The summed E-state index contributed by atoms with van der Waals surface area (Å²) in [6, 6.07) is 6.85. The Balaban J connectivity index is 1.78. The van der Waals surface area contributed by atoms with Crippen LogP contribution in [0.3, 0.4) is 0 Å². The molecule has 128 valence electrons. The first-order valence-electron chi connectivity index (χ1n) is 8.09. The van der Waals surface area contributed by atoms with E-state index in [1.807, 2.05) is 6.07 Å². The zero-order valence-corrected chi connectivity index (χ0v) is 13.4. The zero-order chi connectivity index (χ0) is 16.7. The van der Waals surface area contributed by atoms with Crippen molar-refractivity contribution >= 4 is 6.03 Å². The Bertz CT molecular complexity index is 511. The van der Waals surface area contributed by atoms with Crippen LogP contribution in [-0.4, -0.2) is 25.1 Å². The Labute approximate surface area is 135 Å². The molecule has 1 aliphatic carbocycles. The molecule has 4 nitrogen and oxygen atoms in total. The summed E-state index contributed by atoms with van der Waals surface area (Å²) in [5.74, 6) is 0.881. The lowest BCUT2D eigenvalue weighted by molar-refractivity contribution is 0.0818. The van der Waals surface area contributed by atoms with Crippen LogP contribution in [0.4, 0.5) is 13.6 Å². The third-order valence-electron chi connectivity index (χ3n) is 4.16.